The van der Waals surface area contributed by atoms with Crippen molar-refractivity contribution in [1.82, 2.24) is 4.98 Å². The lowest BCUT2D eigenvalue weighted by molar-refractivity contribution is -0.120. The molecule has 0 bridgehead atoms. The molecular formula is C22H24FN3OS. The zero-order chi connectivity index (χ0) is 19.7. The highest BCUT2D eigenvalue weighted by Crippen LogP contribution is 2.32. The van der Waals surface area contributed by atoms with Gasteiger partial charge in [0.05, 0.1) is 16.1 Å². The SMILES string of the molecule is CC(C)c1ccccc1NC(=O)C1CCCN(c2nc3ccc(F)cc3s2)C1. The lowest BCUT2D eigenvalue weighted by Crippen LogP contribution is -2.40. The van der Waals surface area contributed by atoms with Crippen molar-refractivity contribution in [2.45, 2.75) is 32.6 Å². The van der Waals surface area contributed by atoms with Crippen LogP contribution in [0.1, 0.15) is 38.2 Å². The second kappa shape index (κ2) is 7.87. The van der Waals surface area contributed by atoms with Gasteiger partial charge >= 0.3 is 0 Å². The van der Waals surface area contributed by atoms with Crippen molar-refractivity contribution in [2.75, 3.05) is 23.3 Å². The molecule has 6 heteroatoms. The first-order valence-electron chi connectivity index (χ1n) is 9.72. The number of hydrogen-bond acceptors (Lipinski definition) is 4. The van der Waals surface area contributed by atoms with Crippen molar-refractivity contribution in [2.24, 2.45) is 5.92 Å². The van der Waals surface area contributed by atoms with Gasteiger partial charge in [-0.2, -0.15) is 0 Å². The summed E-state index contributed by atoms with van der Waals surface area (Å²) in [6.07, 6.45) is 1.81. The van der Waals surface area contributed by atoms with E-state index in [0.717, 1.165) is 46.0 Å². The first-order chi connectivity index (χ1) is 13.5. The molecule has 1 fully saturated rings. The summed E-state index contributed by atoms with van der Waals surface area (Å²) in [6.45, 7) is 5.76. The Morgan fingerprint density at radius 2 is 2.11 bits per heavy atom. The van der Waals surface area contributed by atoms with Crippen LogP contribution in [0.3, 0.4) is 0 Å². The maximum Gasteiger partial charge on any atom is 0.229 e. The fraction of sp³-hybridized carbons (Fsp3) is 0.364. The van der Waals surface area contributed by atoms with Crippen LogP contribution in [-0.4, -0.2) is 24.0 Å². The van der Waals surface area contributed by atoms with Gasteiger partial charge in [-0.1, -0.05) is 43.4 Å². The highest BCUT2D eigenvalue weighted by molar-refractivity contribution is 7.22. The van der Waals surface area contributed by atoms with Crippen LogP contribution in [0, 0.1) is 11.7 Å². The van der Waals surface area contributed by atoms with Gasteiger partial charge in [-0.3, -0.25) is 4.79 Å². The number of fused-ring (bicyclic) bond motifs is 1. The molecule has 3 aromatic rings. The molecule has 2 heterocycles. The lowest BCUT2D eigenvalue weighted by Gasteiger charge is -2.32. The Kier molecular flexibility index (Phi) is 5.31. The predicted octanol–water partition coefficient (Wildman–Crippen LogP) is 5.41. The van der Waals surface area contributed by atoms with Gasteiger partial charge in [0.25, 0.3) is 0 Å². The topological polar surface area (TPSA) is 45.2 Å². The molecule has 1 aromatic heterocycles. The monoisotopic (exact) mass is 397 g/mol. The number of para-hydroxylation sites is 1. The standard InChI is InChI=1S/C22H24FN3OS/c1-14(2)17-7-3-4-8-18(17)24-21(27)15-6-5-11-26(13-15)22-25-19-10-9-16(23)12-20(19)28-22/h3-4,7-10,12,14-15H,5-6,11,13H2,1-2H3,(H,24,27). The number of nitrogens with zero attached hydrogens (tertiary/aromatic N) is 2. The van der Waals surface area contributed by atoms with Crippen molar-refractivity contribution in [3.05, 3.63) is 53.8 Å². The number of thiazole rings is 1. The molecule has 0 spiro atoms. The number of carbonyl (C=O) groups is 1. The second-order valence-electron chi connectivity index (χ2n) is 7.62. The number of piperidine rings is 1. The third kappa shape index (κ3) is 3.87. The highest BCUT2D eigenvalue weighted by Gasteiger charge is 2.28. The van der Waals surface area contributed by atoms with E-state index in [9.17, 15) is 9.18 Å². The molecule has 1 N–H and O–H groups in total. The first-order valence-corrected chi connectivity index (χ1v) is 10.5. The van der Waals surface area contributed by atoms with E-state index in [2.05, 4.69) is 35.1 Å². The average molecular weight is 398 g/mol. The van der Waals surface area contributed by atoms with Gasteiger partial charge in [0.1, 0.15) is 5.82 Å². The van der Waals surface area contributed by atoms with Crippen molar-refractivity contribution in [3.8, 4) is 0 Å². The summed E-state index contributed by atoms with van der Waals surface area (Å²) in [5, 5.41) is 4.00. The van der Waals surface area contributed by atoms with Gasteiger partial charge < -0.3 is 10.2 Å². The van der Waals surface area contributed by atoms with Gasteiger partial charge in [-0.15, -0.1) is 0 Å². The fourth-order valence-corrected chi connectivity index (χ4v) is 4.76. The lowest BCUT2D eigenvalue weighted by atomic mass is 9.96. The van der Waals surface area contributed by atoms with Crippen LogP contribution in [0.5, 0.6) is 0 Å². The molecule has 1 unspecified atom stereocenters. The molecule has 4 nitrogen and oxygen atoms in total. The average Bonchev–Trinajstić information content (AvgIpc) is 3.11. The van der Waals surface area contributed by atoms with Crippen molar-refractivity contribution in [1.29, 1.82) is 0 Å². The molecule has 28 heavy (non-hydrogen) atoms. The summed E-state index contributed by atoms with van der Waals surface area (Å²) in [6, 6.07) is 12.7. The molecule has 1 aliphatic rings. The number of hydrogen-bond donors (Lipinski definition) is 1. The van der Waals surface area contributed by atoms with Crippen LogP contribution in [0.2, 0.25) is 0 Å². The molecule has 4 rings (SSSR count). The second-order valence-corrected chi connectivity index (χ2v) is 8.63. The van der Waals surface area contributed by atoms with E-state index in [1.165, 1.54) is 23.5 Å². The maximum atomic E-state index is 13.5. The van der Waals surface area contributed by atoms with Gasteiger partial charge in [0.15, 0.2) is 5.13 Å². The zero-order valence-corrected chi connectivity index (χ0v) is 16.9. The van der Waals surface area contributed by atoms with E-state index in [4.69, 9.17) is 0 Å². The Balaban J connectivity index is 1.49. The first kappa shape index (κ1) is 18.9. The number of carbonyl (C=O) groups excluding carboxylic acids is 1. The van der Waals surface area contributed by atoms with Crippen LogP contribution in [0.25, 0.3) is 10.2 Å². The minimum absolute atomic E-state index is 0.0601. The molecule has 2 aromatic carbocycles. The third-order valence-corrected chi connectivity index (χ3v) is 6.32. The third-order valence-electron chi connectivity index (χ3n) is 5.24. The van der Waals surface area contributed by atoms with Crippen molar-refractivity contribution < 1.29 is 9.18 Å². The van der Waals surface area contributed by atoms with Crippen LogP contribution in [-0.2, 0) is 4.79 Å². The number of amides is 1. The molecule has 1 amide bonds. The molecular weight excluding hydrogens is 373 g/mol. The minimum Gasteiger partial charge on any atom is -0.347 e. The minimum atomic E-state index is -0.248. The molecule has 1 aliphatic heterocycles. The van der Waals surface area contributed by atoms with E-state index >= 15 is 0 Å². The van der Waals surface area contributed by atoms with Crippen molar-refractivity contribution in [3.63, 3.8) is 0 Å². The number of benzene rings is 2. The Bertz CT molecular complexity index is 1000. The predicted molar refractivity (Wildman–Crippen MR) is 114 cm³/mol. The number of halogens is 1. The van der Waals surface area contributed by atoms with E-state index in [1.54, 1.807) is 6.07 Å². The summed E-state index contributed by atoms with van der Waals surface area (Å²) in [5.74, 6) is 0.0765. The summed E-state index contributed by atoms with van der Waals surface area (Å²) < 4.78 is 14.3. The van der Waals surface area contributed by atoms with E-state index in [0.29, 0.717) is 12.5 Å². The van der Waals surface area contributed by atoms with E-state index < -0.39 is 0 Å². The molecule has 0 aliphatic carbocycles. The summed E-state index contributed by atoms with van der Waals surface area (Å²) in [4.78, 5) is 19.7. The molecule has 1 saturated heterocycles. The molecule has 0 radical (unpaired) electrons. The van der Waals surface area contributed by atoms with Gasteiger partial charge in [0.2, 0.25) is 5.91 Å². The van der Waals surface area contributed by atoms with Gasteiger partial charge in [0, 0.05) is 18.8 Å². The number of rotatable bonds is 4. The quantitative estimate of drug-likeness (QED) is 0.640. The Hall–Kier alpha value is -2.47. The van der Waals surface area contributed by atoms with Crippen LogP contribution >= 0.6 is 11.3 Å². The molecule has 1 atom stereocenters. The molecule has 0 saturated carbocycles. The van der Waals surface area contributed by atoms with Gasteiger partial charge in [-0.25, -0.2) is 9.37 Å². The Morgan fingerprint density at radius 1 is 1.29 bits per heavy atom. The normalized spacial score (nSPS) is 17.3. The van der Waals surface area contributed by atoms with Gasteiger partial charge in [-0.05, 0) is 48.6 Å². The Labute approximate surface area is 168 Å². The zero-order valence-electron chi connectivity index (χ0n) is 16.1. The summed E-state index contributed by atoms with van der Waals surface area (Å²) >= 11 is 1.49. The highest BCUT2D eigenvalue weighted by atomic mass is 32.1. The largest absolute Gasteiger partial charge is 0.347 e. The van der Waals surface area contributed by atoms with Crippen LogP contribution in [0.4, 0.5) is 15.2 Å². The fourth-order valence-electron chi connectivity index (χ4n) is 3.74. The summed E-state index contributed by atoms with van der Waals surface area (Å²) in [7, 11) is 0. The van der Waals surface area contributed by atoms with Crippen molar-refractivity contribution >= 4 is 38.3 Å². The number of anilines is 2. The van der Waals surface area contributed by atoms with Crippen LogP contribution in [0.15, 0.2) is 42.5 Å². The van der Waals surface area contributed by atoms with Crippen LogP contribution < -0.4 is 10.2 Å². The molecule has 146 valence electrons. The summed E-state index contributed by atoms with van der Waals surface area (Å²) in [5.41, 5.74) is 2.85. The maximum absolute atomic E-state index is 13.5. The Morgan fingerprint density at radius 3 is 2.93 bits per heavy atom. The van der Waals surface area contributed by atoms with E-state index in [1.807, 2.05) is 18.2 Å². The smallest absolute Gasteiger partial charge is 0.229 e. The van der Waals surface area contributed by atoms with E-state index in [-0.39, 0.29) is 17.6 Å². The number of nitrogens with one attached hydrogen (secondary N) is 1. The number of aromatic nitrogens is 1.